The van der Waals surface area contributed by atoms with E-state index in [1.165, 1.54) is 11.1 Å². The molecule has 0 fully saturated rings. The first-order valence-corrected chi connectivity index (χ1v) is 6.99. The Hall–Kier alpha value is -1.08. The summed E-state index contributed by atoms with van der Waals surface area (Å²) in [6, 6.07) is 0. The highest BCUT2D eigenvalue weighted by Crippen LogP contribution is 2.14. The van der Waals surface area contributed by atoms with Gasteiger partial charge in [-0.2, -0.15) is 0 Å². The van der Waals surface area contributed by atoms with E-state index in [4.69, 9.17) is 15.9 Å². The van der Waals surface area contributed by atoms with E-state index in [-0.39, 0.29) is 0 Å². The van der Waals surface area contributed by atoms with Gasteiger partial charge in [0.25, 0.3) is 0 Å². The summed E-state index contributed by atoms with van der Waals surface area (Å²) in [6.45, 7) is 6.77. The third kappa shape index (κ3) is 10.8. The van der Waals surface area contributed by atoms with E-state index in [2.05, 4.69) is 31.9 Å². The molecule has 1 atom stereocenters. The van der Waals surface area contributed by atoms with Gasteiger partial charge in [-0.15, -0.1) is 6.42 Å². The van der Waals surface area contributed by atoms with E-state index in [1.807, 2.05) is 0 Å². The van der Waals surface area contributed by atoms with Crippen molar-refractivity contribution >= 4 is 0 Å². The normalized spacial score (nSPS) is 15.8. The smallest absolute Gasteiger partial charge is 0.146 e. The third-order valence-electron chi connectivity index (χ3n) is 3.00. The highest BCUT2D eigenvalue weighted by Gasteiger charge is 2.14. The second-order valence-corrected chi connectivity index (χ2v) is 5.35. The molecule has 3 nitrogen and oxygen atoms in total. The number of allylic oxidation sites excluding steroid dienone is 3. The van der Waals surface area contributed by atoms with Crippen molar-refractivity contribution in [3.8, 4) is 12.3 Å². The molecule has 0 aromatic rings. The van der Waals surface area contributed by atoms with Crippen molar-refractivity contribution in [2.45, 2.75) is 52.1 Å². The van der Waals surface area contributed by atoms with E-state index in [0.29, 0.717) is 19.8 Å². The zero-order valence-corrected chi connectivity index (χ0v) is 13.2. The number of hydrogen-bond donors (Lipinski definition) is 1. The number of terminal acetylenes is 1. The van der Waals surface area contributed by atoms with Crippen LogP contribution in [0.1, 0.15) is 46.5 Å². The van der Waals surface area contributed by atoms with Crippen molar-refractivity contribution in [2.75, 3.05) is 20.5 Å². The largest absolute Gasteiger partial charge is 0.378 e. The molecule has 0 spiro atoms. The molecule has 114 valence electrons. The lowest BCUT2D eigenvalue weighted by Crippen LogP contribution is -2.20. The van der Waals surface area contributed by atoms with E-state index in [1.54, 1.807) is 14.0 Å². The first kappa shape index (κ1) is 18.9. The van der Waals surface area contributed by atoms with Gasteiger partial charge < -0.3 is 14.6 Å². The van der Waals surface area contributed by atoms with Gasteiger partial charge in [-0.25, -0.2) is 0 Å². The Kier molecular flexibility index (Phi) is 10.1. The maximum Gasteiger partial charge on any atom is 0.146 e. The molecule has 0 aromatic heterocycles. The standard InChI is InChI=1S/C17H28O3/c1-6-17(4,18)12-8-11-15(2)9-7-10-16(3)13-20-14-19-5/h1,10-11,18H,7-9,12-14H2,2-5H3. The van der Waals surface area contributed by atoms with Gasteiger partial charge in [-0.05, 0) is 46.5 Å². The summed E-state index contributed by atoms with van der Waals surface area (Å²) in [4.78, 5) is 0. The van der Waals surface area contributed by atoms with Crippen molar-refractivity contribution in [1.82, 2.24) is 0 Å². The molecule has 0 amide bonds. The number of rotatable bonds is 10. The van der Waals surface area contributed by atoms with Crippen molar-refractivity contribution in [3.63, 3.8) is 0 Å². The van der Waals surface area contributed by atoms with Gasteiger partial charge in [0.05, 0.1) is 6.61 Å². The summed E-state index contributed by atoms with van der Waals surface area (Å²) in [5, 5.41) is 9.69. The summed E-state index contributed by atoms with van der Waals surface area (Å²) in [6.07, 6.45) is 13.0. The Morgan fingerprint density at radius 2 is 1.90 bits per heavy atom. The molecule has 0 radical (unpaired) electrons. The van der Waals surface area contributed by atoms with Crippen LogP contribution in [0.25, 0.3) is 0 Å². The van der Waals surface area contributed by atoms with Crippen LogP contribution in [-0.4, -0.2) is 31.2 Å². The van der Waals surface area contributed by atoms with Gasteiger partial charge in [0.15, 0.2) is 0 Å². The molecule has 0 heterocycles. The molecule has 0 aliphatic rings. The molecule has 1 unspecified atom stereocenters. The lowest BCUT2D eigenvalue weighted by atomic mass is 10.00. The van der Waals surface area contributed by atoms with Crippen LogP contribution < -0.4 is 0 Å². The topological polar surface area (TPSA) is 38.7 Å². The SMILES string of the molecule is C#CC(C)(O)CCC=C(C)CCC=C(C)COCOC. The minimum Gasteiger partial charge on any atom is -0.378 e. The van der Waals surface area contributed by atoms with Crippen molar-refractivity contribution in [1.29, 1.82) is 0 Å². The Labute approximate surface area is 123 Å². The molecule has 20 heavy (non-hydrogen) atoms. The monoisotopic (exact) mass is 280 g/mol. The fraction of sp³-hybridized carbons (Fsp3) is 0.647. The molecule has 0 aliphatic heterocycles. The quantitative estimate of drug-likeness (QED) is 0.288. The van der Waals surface area contributed by atoms with Crippen LogP contribution in [0, 0.1) is 12.3 Å². The molecular formula is C17H28O3. The summed E-state index contributed by atoms with van der Waals surface area (Å²) in [5.41, 5.74) is 1.54. The van der Waals surface area contributed by atoms with Crippen LogP contribution in [0.5, 0.6) is 0 Å². The van der Waals surface area contributed by atoms with Gasteiger partial charge in [0.2, 0.25) is 0 Å². The number of aliphatic hydroxyl groups is 1. The van der Waals surface area contributed by atoms with Gasteiger partial charge in [0.1, 0.15) is 12.4 Å². The Balaban J connectivity index is 3.89. The molecule has 0 saturated carbocycles. The molecule has 0 saturated heterocycles. The van der Waals surface area contributed by atoms with Crippen LogP contribution in [0.3, 0.4) is 0 Å². The Morgan fingerprint density at radius 3 is 2.50 bits per heavy atom. The van der Waals surface area contributed by atoms with Crippen molar-refractivity contribution in [2.24, 2.45) is 0 Å². The zero-order chi connectivity index (χ0) is 15.4. The Morgan fingerprint density at radius 1 is 1.25 bits per heavy atom. The van der Waals surface area contributed by atoms with E-state index in [0.717, 1.165) is 19.3 Å². The average molecular weight is 280 g/mol. The van der Waals surface area contributed by atoms with Crippen LogP contribution >= 0.6 is 0 Å². The predicted molar refractivity (Wildman–Crippen MR) is 83.3 cm³/mol. The van der Waals surface area contributed by atoms with E-state index >= 15 is 0 Å². The highest BCUT2D eigenvalue weighted by molar-refractivity contribution is 5.07. The minimum absolute atomic E-state index is 0.333. The summed E-state index contributed by atoms with van der Waals surface area (Å²) in [5.74, 6) is 2.39. The van der Waals surface area contributed by atoms with Crippen molar-refractivity contribution in [3.05, 3.63) is 23.3 Å². The number of methoxy groups -OCH3 is 1. The van der Waals surface area contributed by atoms with Gasteiger partial charge in [-0.3, -0.25) is 0 Å². The first-order chi connectivity index (χ1) is 9.41. The zero-order valence-electron chi connectivity index (χ0n) is 13.2. The second kappa shape index (κ2) is 10.7. The molecule has 0 aromatic carbocycles. The molecular weight excluding hydrogens is 252 g/mol. The van der Waals surface area contributed by atoms with Crippen molar-refractivity contribution < 1.29 is 14.6 Å². The fourth-order valence-electron chi connectivity index (χ4n) is 1.67. The third-order valence-corrected chi connectivity index (χ3v) is 3.00. The van der Waals surface area contributed by atoms with Gasteiger partial charge in [0, 0.05) is 7.11 Å². The maximum atomic E-state index is 9.69. The number of ether oxygens (including phenoxy) is 2. The summed E-state index contributed by atoms with van der Waals surface area (Å²) >= 11 is 0. The van der Waals surface area contributed by atoms with E-state index in [9.17, 15) is 5.11 Å². The lowest BCUT2D eigenvalue weighted by molar-refractivity contribution is -0.0211. The molecule has 0 rings (SSSR count). The predicted octanol–water partition coefficient (Wildman–Crippen LogP) is 3.44. The van der Waals surface area contributed by atoms with Crippen LogP contribution in [0.2, 0.25) is 0 Å². The van der Waals surface area contributed by atoms with E-state index < -0.39 is 5.60 Å². The summed E-state index contributed by atoms with van der Waals surface area (Å²) in [7, 11) is 1.62. The minimum atomic E-state index is -0.994. The van der Waals surface area contributed by atoms with Crippen LogP contribution in [-0.2, 0) is 9.47 Å². The first-order valence-electron chi connectivity index (χ1n) is 6.99. The van der Waals surface area contributed by atoms with Crippen LogP contribution in [0.15, 0.2) is 23.3 Å². The van der Waals surface area contributed by atoms with Crippen LogP contribution in [0.4, 0.5) is 0 Å². The average Bonchev–Trinajstić information content (AvgIpc) is 2.39. The Bertz CT molecular complexity index is 359. The van der Waals surface area contributed by atoms with Gasteiger partial charge >= 0.3 is 0 Å². The molecule has 0 bridgehead atoms. The molecule has 0 aliphatic carbocycles. The highest BCUT2D eigenvalue weighted by atomic mass is 16.7. The summed E-state index contributed by atoms with van der Waals surface area (Å²) < 4.78 is 10.1. The molecule has 1 N–H and O–H groups in total. The number of hydrogen-bond acceptors (Lipinski definition) is 3. The lowest BCUT2D eigenvalue weighted by Gasteiger charge is -2.14. The second-order valence-electron chi connectivity index (χ2n) is 5.35. The fourth-order valence-corrected chi connectivity index (χ4v) is 1.67. The van der Waals surface area contributed by atoms with Gasteiger partial charge in [-0.1, -0.05) is 29.2 Å². The maximum absolute atomic E-state index is 9.69. The molecule has 3 heteroatoms.